The Kier molecular flexibility index (Phi) is 5.20. The van der Waals surface area contributed by atoms with E-state index >= 15 is 0 Å². The smallest absolute Gasteiger partial charge is 0.0991 e. The maximum Gasteiger partial charge on any atom is 0.0991 e. The van der Waals surface area contributed by atoms with Crippen LogP contribution < -0.4 is 0 Å². The van der Waals surface area contributed by atoms with Gasteiger partial charge < -0.3 is 0 Å². The van der Waals surface area contributed by atoms with Crippen LogP contribution in [0.4, 0.5) is 0 Å². The molecular weight excluding hydrogens is 392 g/mol. The Balaban J connectivity index is 1.66. The second-order valence-corrected chi connectivity index (χ2v) is 8.13. The van der Waals surface area contributed by atoms with Crippen LogP contribution in [0.25, 0.3) is 0 Å². The average Bonchev–Trinajstić information content (AvgIpc) is 2.86. The van der Waals surface area contributed by atoms with Crippen LogP contribution in [-0.2, 0) is 0 Å². The summed E-state index contributed by atoms with van der Waals surface area (Å²) in [7, 11) is 0. The van der Waals surface area contributed by atoms with Crippen LogP contribution in [-0.4, -0.2) is 9.97 Å². The number of benzene rings is 2. The van der Waals surface area contributed by atoms with Gasteiger partial charge in [-0.15, -0.1) is 0 Å². The number of aromatic nitrogens is 2. The van der Waals surface area contributed by atoms with Gasteiger partial charge in [0.25, 0.3) is 0 Å². The molecule has 0 amide bonds. The van der Waals surface area contributed by atoms with E-state index in [0.29, 0.717) is 11.1 Å². The lowest BCUT2D eigenvalue weighted by atomic mass is 9.49. The molecule has 1 saturated carbocycles. The summed E-state index contributed by atoms with van der Waals surface area (Å²) in [6.45, 7) is 0. The van der Waals surface area contributed by atoms with Gasteiger partial charge in [0, 0.05) is 24.8 Å². The van der Waals surface area contributed by atoms with Crippen LogP contribution in [0.1, 0.15) is 57.1 Å². The minimum Gasteiger partial charge on any atom is -0.265 e. The van der Waals surface area contributed by atoms with Gasteiger partial charge in [-0.25, -0.2) is 0 Å². The molecule has 2 aromatic heterocycles. The number of hydrogen-bond donors (Lipinski definition) is 0. The molecule has 0 aliphatic heterocycles. The van der Waals surface area contributed by atoms with Crippen molar-refractivity contribution in [3.05, 3.63) is 131 Å². The maximum atomic E-state index is 9.25. The molecule has 4 aromatic rings. The summed E-state index contributed by atoms with van der Waals surface area (Å²) in [5.41, 5.74) is 6.25. The second-order valence-electron chi connectivity index (χ2n) is 8.13. The van der Waals surface area contributed by atoms with Gasteiger partial charge in [-0.05, 0) is 94.5 Å². The molecule has 5 rings (SSSR count). The highest BCUT2D eigenvalue weighted by Crippen LogP contribution is 2.66. The van der Waals surface area contributed by atoms with Crippen molar-refractivity contribution in [1.82, 2.24) is 9.97 Å². The Labute approximate surface area is 187 Å². The number of hydrogen-bond acceptors (Lipinski definition) is 4. The quantitative estimate of drug-likeness (QED) is 0.433. The van der Waals surface area contributed by atoms with E-state index in [4.69, 9.17) is 0 Å². The van der Waals surface area contributed by atoms with Gasteiger partial charge in [0.2, 0.25) is 0 Å². The third-order valence-corrected chi connectivity index (χ3v) is 6.58. The summed E-state index contributed by atoms with van der Waals surface area (Å²) >= 11 is 0. The van der Waals surface area contributed by atoms with Gasteiger partial charge in [0.15, 0.2) is 0 Å². The lowest BCUT2D eigenvalue weighted by molar-refractivity contribution is 0.228. The fourth-order valence-electron chi connectivity index (χ4n) is 5.14. The molecule has 0 N–H and O–H groups in total. The van der Waals surface area contributed by atoms with Crippen LogP contribution in [0.15, 0.2) is 97.6 Å². The van der Waals surface area contributed by atoms with Gasteiger partial charge >= 0.3 is 0 Å². The summed E-state index contributed by atoms with van der Waals surface area (Å²) in [6.07, 6.45) is 7.40. The lowest BCUT2D eigenvalue weighted by Gasteiger charge is -2.53. The van der Waals surface area contributed by atoms with Crippen LogP contribution in [0, 0.1) is 22.7 Å². The molecule has 32 heavy (non-hydrogen) atoms. The first-order chi connectivity index (χ1) is 15.8. The zero-order valence-electron chi connectivity index (χ0n) is 17.3. The van der Waals surface area contributed by atoms with E-state index in [0.717, 1.165) is 0 Å². The molecular formula is C28H20N4. The Morgan fingerprint density at radius 2 is 0.719 bits per heavy atom. The Morgan fingerprint density at radius 3 is 1.00 bits per heavy atom. The zero-order valence-corrected chi connectivity index (χ0v) is 17.3. The SMILES string of the molecule is N#Cc1ccc([C@@H]2C(c3ccncc3)C(c3ccncc3)[C@@H]2c2ccc(C#N)cc2)cc1. The van der Waals surface area contributed by atoms with Crippen LogP contribution >= 0.6 is 0 Å². The zero-order chi connectivity index (χ0) is 21.9. The molecule has 0 spiro atoms. The van der Waals surface area contributed by atoms with Crippen molar-refractivity contribution in [2.45, 2.75) is 23.7 Å². The number of nitriles is 2. The molecule has 2 heterocycles. The summed E-state index contributed by atoms with van der Waals surface area (Å²) in [5.74, 6) is 0.982. The predicted molar refractivity (Wildman–Crippen MR) is 122 cm³/mol. The summed E-state index contributed by atoms with van der Waals surface area (Å²) in [5, 5.41) is 18.5. The minimum atomic E-state index is 0.233. The van der Waals surface area contributed by atoms with E-state index in [1.807, 2.05) is 49.1 Å². The van der Waals surface area contributed by atoms with Crippen molar-refractivity contribution in [3.8, 4) is 12.1 Å². The summed E-state index contributed by atoms with van der Waals surface area (Å²) in [4.78, 5) is 8.45. The molecule has 0 saturated heterocycles. The molecule has 4 nitrogen and oxygen atoms in total. The Bertz CT molecular complexity index is 1180. The summed E-state index contributed by atoms with van der Waals surface area (Å²) in [6, 6.07) is 28.7. The average molecular weight is 412 g/mol. The second kappa shape index (κ2) is 8.46. The minimum absolute atomic E-state index is 0.233. The number of pyridine rings is 2. The summed E-state index contributed by atoms with van der Waals surface area (Å²) < 4.78 is 0. The highest BCUT2D eigenvalue weighted by atomic mass is 14.6. The van der Waals surface area contributed by atoms with Crippen molar-refractivity contribution in [1.29, 1.82) is 10.5 Å². The fraction of sp³-hybridized carbons (Fsp3) is 0.143. The normalized spacial score (nSPS) is 21.7. The van der Waals surface area contributed by atoms with E-state index in [2.05, 4.69) is 70.6 Å². The number of rotatable bonds is 4. The van der Waals surface area contributed by atoms with Crippen molar-refractivity contribution < 1.29 is 0 Å². The van der Waals surface area contributed by atoms with E-state index < -0.39 is 0 Å². The largest absolute Gasteiger partial charge is 0.265 e. The molecule has 1 aliphatic carbocycles. The van der Waals surface area contributed by atoms with Crippen molar-refractivity contribution in [3.63, 3.8) is 0 Å². The molecule has 4 heteroatoms. The van der Waals surface area contributed by atoms with Gasteiger partial charge in [0.1, 0.15) is 0 Å². The highest BCUT2D eigenvalue weighted by molar-refractivity contribution is 5.49. The Morgan fingerprint density at radius 1 is 0.438 bits per heavy atom. The molecule has 1 aliphatic rings. The van der Waals surface area contributed by atoms with Crippen LogP contribution in [0.3, 0.4) is 0 Å². The van der Waals surface area contributed by atoms with Crippen molar-refractivity contribution in [2.24, 2.45) is 0 Å². The maximum absolute atomic E-state index is 9.25. The third kappa shape index (κ3) is 3.43. The van der Waals surface area contributed by atoms with E-state index in [-0.39, 0.29) is 23.7 Å². The van der Waals surface area contributed by atoms with Gasteiger partial charge in [-0.3, -0.25) is 9.97 Å². The molecule has 0 bridgehead atoms. The monoisotopic (exact) mass is 412 g/mol. The van der Waals surface area contributed by atoms with Gasteiger partial charge in [0.05, 0.1) is 23.3 Å². The topological polar surface area (TPSA) is 73.4 Å². The van der Waals surface area contributed by atoms with Gasteiger partial charge in [-0.1, -0.05) is 24.3 Å². The van der Waals surface area contributed by atoms with E-state index in [9.17, 15) is 10.5 Å². The third-order valence-electron chi connectivity index (χ3n) is 6.58. The van der Waals surface area contributed by atoms with Crippen molar-refractivity contribution in [2.75, 3.05) is 0 Å². The first kappa shape index (κ1) is 19.7. The molecule has 4 atom stereocenters. The highest BCUT2D eigenvalue weighted by Gasteiger charge is 2.52. The van der Waals surface area contributed by atoms with Crippen LogP contribution in [0.5, 0.6) is 0 Å². The van der Waals surface area contributed by atoms with Crippen LogP contribution in [0.2, 0.25) is 0 Å². The first-order valence-corrected chi connectivity index (χ1v) is 10.6. The Hall–Kier alpha value is -4.28. The van der Waals surface area contributed by atoms with E-state index in [1.54, 1.807) is 0 Å². The fourth-order valence-corrected chi connectivity index (χ4v) is 5.14. The molecule has 2 unspecified atom stereocenters. The first-order valence-electron chi connectivity index (χ1n) is 10.6. The van der Waals surface area contributed by atoms with Gasteiger partial charge in [-0.2, -0.15) is 10.5 Å². The lowest BCUT2D eigenvalue weighted by Crippen LogP contribution is -2.40. The molecule has 0 radical (unpaired) electrons. The van der Waals surface area contributed by atoms with Crippen molar-refractivity contribution >= 4 is 0 Å². The van der Waals surface area contributed by atoms with E-state index in [1.165, 1.54) is 22.3 Å². The standard InChI is InChI=1S/C28H20N4/c29-17-19-1-5-21(6-2-19)25-26(22-7-3-20(18-30)4-8-22)28(24-11-15-32-16-12-24)27(25)23-9-13-31-14-10-23/h1-16,25-28H/t25-,26+,27?,28?. The molecule has 152 valence electrons. The predicted octanol–water partition coefficient (Wildman–Crippen LogP) is 5.67. The number of nitrogens with zero attached hydrogens (tertiary/aromatic N) is 4. The molecule has 2 aromatic carbocycles. The molecule has 1 fully saturated rings.